The van der Waals surface area contributed by atoms with Gasteiger partial charge in [0.2, 0.25) is 0 Å². The van der Waals surface area contributed by atoms with Crippen LogP contribution in [0.4, 0.5) is 13.2 Å². The molecule has 1 aromatic heterocycles. The summed E-state index contributed by atoms with van der Waals surface area (Å²) in [6.45, 7) is 0. The Kier molecular flexibility index (Phi) is 2.57. The Morgan fingerprint density at radius 3 is 2.54 bits per heavy atom. The van der Waals surface area contributed by atoms with E-state index in [1.54, 1.807) is 6.07 Å². The zero-order chi connectivity index (χ0) is 10.1. The largest absolute Gasteiger partial charge is 0.417 e. The molecule has 6 heteroatoms. The minimum Gasteiger partial charge on any atom is -0.247 e. The fraction of sp³-hybridized carbons (Fsp3) is 0.143. The average Bonchev–Trinajstić information content (AvgIpc) is 2.03. The van der Waals surface area contributed by atoms with E-state index in [4.69, 9.17) is 5.26 Å². The number of halogens is 4. The Labute approximate surface area is 80.1 Å². The first kappa shape index (κ1) is 9.99. The first-order valence-electron chi connectivity index (χ1n) is 3.08. The average molecular weight is 251 g/mol. The maximum Gasteiger partial charge on any atom is 0.417 e. The molecular formula is C7H2BrF3N2. The van der Waals surface area contributed by atoms with Crippen LogP contribution in [-0.4, -0.2) is 4.98 Å². The monoisotopic (exact) mass is 250 g/mol. The second kappa shape index (κ2) is 3.34. The van der Waals surface area contributed by atoms with Crippen LogP contribution in [-0.2, 0) is 6.18 Å². The molecule has 0 aromatic carbocycles. The molecule has 0 aliphatic carbocycles. The van der Waals surface area contributed by atoms with Crippen molar-refractivity contribution in [2.75, 3.05) is 0 Å². The molecule has 0 aliphatic rings. The molecule has 0 saturated heterocycles. The van der Waals surface area contributed by atoms with E-state index in [1.165, 1.54) is 0 Å². The van der Waals surface area contributed by atoms with Crippen molar-refractivity contribution in [2.24, 2.45) is 0 Å². The number of hydrogen-bond acceptors (Lipinski definition) is 2. The molecule has 13 heavy (non-hydrogen) atoms. The van der Waals surface area contributed by atoms with Crippen LogP contribution in [0.25, 0.3) is 0 Å². The predicted molar refractivity (Wildman–Crippen MR) is 41.7 cm³/mol. The number of nitrogens with zero attached hydrogens (tertiary/aromatic N) is 2. The lowest BCUT2D eigenvalue weighted by atomic mass is 10.2. The normalized spacial score (nSPS) is 11.0. The molecule has 1 aromatic rings. The van der Waals surface area contributed by atoms with E-state index in [1.807, 2.05) is 0 Å². The fourth-order valence-electron chi connectivity index (χ4n) is 0.682. The maximum atomic E-state index is 12.1. The number of nitriles is 1. The summed E-state index contributed by atoms with van der Waals surface area (Å²) < 4.78 is 36.3. The van der Waals surface area contributed by atoms with Crippen molar-refractivity contribution >= 4 is 15.9 Å². The van der Waals surface area contributed by atoms with Crippen molar-refractivity contribution in [1.29, 1.82) is 5.26 Å². The highest BCUT2D eigenvalue weighted by atomic mass is 79.9. The van der Waals surface area contributed by atoms with Gasteiger partial charge in [0.05, 0.1) is 11.1 Å². The van der Waals surface area contributed by atoms with Gasteiger partial charge in [-0.25, -0.2) is 4.98 Å². The van der Waals surface area contributed by atoms with Crippen molar-refractivity contribution in [3.05, 3.63) is 28.0 Å². The summed E-state index contributed by atoms with van der Waals surface area (Å²) in [6.07, 6.45) is -3.79. The van der Waals surface area contributed by atoms with E-state index in [-0.39, 0.29) is 10.2 Å². The van der Waals surface area contributed by atoms with Crippen LogP contribution in [0.2, 0.25) is 0 Å². The van der Waals surface area contributed by atoms with Crippen LogP contribution in [0.1, 0.15) is 11.1 Å². The Balaban J connectivity index is 3.24. The first-order valence-corrected chi connectivity index (χ1v) is 3.87. The molecule has 1 heterocycles. The van der Waals surface area contributed by atoms with Crippen LogP contribution in [0, 0.1) is 11.3 Å². The van der Waals surface area contributed by atoms with Crippen LogP contribution in [0.3, 0.4) is 0 Å². The van der Waals surface area contributed by atoms with Gasteiger partial charge in [0, 0.05) is 6.20 Å². The van der Waals surface area contributed by atoms with E-state index in [0.717, 1.165) is 6.07 Å². The van der Waals surface area contributed by atoms with Crippen LogP contribution in [0.15, 0.2) is 16.9 Å². The maximum absolute atomic E-state index is 12.1. The van der Waals surface area contributed by atoms with Gasteiger partial charge in [0.15, 0.2) is 0 Å². The number of aromatic nitrogens is 1. The topological polar surface area (TPSA) is 36.7 Å². The van der Waals surface area contributed by atoms with Crippen molar-refractivity contribution in [3.8, 4) is 6.07 Å². The summed E-state index contributed by atoms with van der Waals surface area (Å²) in [7, 11) is 0. The number of hydrogen-bond donors (Lipinski definition) is 0. The fourth-order valence-corrected chi connectivity index (χ4v) is 0.987. The zero-order valence-electron chi connectivity index (χ0n) is 6.06. The van der Waals surface area contributed by atoms with E-state index < -0.39 is 11.7 Å². The van der Waals surface area contributed by atoms with Gasteiger partial charge in [-0.2, -0.15) is 18.4 Å². The first-order chi connectivity index (χ1) is 5.95. The molecule has 0 radical (unpaired) electrons. The molecule has 68 valence electrons. The van der Waals surface area contributed by atoms with E-state index in [0.29, 0.717) is 6.20 Å². The molecule has 0 amide bonds. The van der Waals surface area contributed by atoms with Gasteiger partial charge in [-0.05, 0) is 22.0 Å². The number of pyridine rings is 1. The van der Waals surface area contributed by atoms with Crippen molar-refractivity contribution < 1.29 is 13.2 Å². The smallest absolute Gasteiger partial charge is 0.247 e. The Bertz CT molecular complexity index is 367. The Hall–Kier alpha value is -1.09. The molecule has 0 unspecified atom stereocenters. The lowest BCUT2D eigenvalue weighted by Crippen LogP contribution is -2.06. The summed E-state index contributed by atoms with van der Waals surface area (Å²) in [5.41, 5.74) is -1.05. The van der Waals surface area contributed by atoms with Gasteiger partial charge in [-0.1, -0.05) is 0 Å². The quantitative estimate of drug-likeness (QED) is 0.664. The Morgan fingerprint density at radius 2 is 2.08 bits per heavy atom. The lowest BCUT2D eigenvalue weighted by molar-refractivity contribution is -0.137. The second-order valence-corrected chi connectivity index (χ2v) is 2.92. The van der Waals surface area contributed by atoms with Crippen molar-refractivity contribution in [2.45, 2.75) is 6.18 Å². The molecule has 1 rings (SSSR count). The highest BCUT2D eigenvalue weighted by molar-refractivity contribution is 9.10. The highest BCUT2D eigenvalue weighted by Gasteiger charge is 2.31. The summed E-state index contributed by atoms with van der Waals surface area (Å²) in [4.78, 5) is 3.39. The third-order valence-electron chi connectivity index (χ3n) is 1.29. The van der Waals surface area contributed by atoms with Crippen LogP contribution >= 0.6 is 15.9 Å². The van der Waals surface area contributed by atoms with E-state index in [9.17, 15) is 13.2 Å². The number of alkyl halides is 3. The van der Waals surface area contributed by atoms with Gasteiger partial charge >= 0.3 is 6.18 Å². The van der Waals surface area contributed by atoms with Gasteiger partial charge in [0.1, 0.15) is 10.7 Å². The van der Waals surface area contributed by atoms with Gasteiger partial charge in [0.25, 0.3) is 0 Å². The number of rotatable bonds is 0. The molecule has 0 bridgehead atoms. The highest BCUT2D eigenvalue weighted by Crippen LogP contribution is 2.30. The molecular weight excluding hydrogens is 249 g/mol. The van der Waals surface area contributed by atoms with Gasteiger partial charge in [-0.3, -0.25) is 0 Å². The van der Waals surface area contributed by atoms with E-state index in [2.05, 4.69) is 20.9 Å². The molecule has 0 atom stereocenters. The Morgan fingerprint density at radius 1 is 1.46 bits per heavy atom. The SMILES string of the molecule is N#Cc1cc(C(F)(F)F)cnc1Br. The molecule has 0 saturated carbocycles. The summed E-state index contributed by atoms with van der Waals surface area (Å²) in [5, 5.41) is 8.42. The van der Waals surface area contributed by atoms with Crippen molar-refractivity contribution in [1.82, 2.24) is 4.98 Å². The summed E-state index contributed by atoms with van der Waals surface area (Å²) in [5.74, 6) is 0. The van der Waals surface area contributed by atoms with Gasteiger partial charge < -0.3 is 0 Å². The minimum absolute atomic E-state index is 0.114. The van der Waals surface area contributed by atoms with E-state index >= 15 is 0 Å². The molecule has 0 fully saturated rings. The molecule has 2 nitrogen and oxygen atoms in total. The third-order valence-corrected chi connectivity index (χ3v) is 1.92. The summed E-state index contributed by atoms with van der Waals surface area (Å²) >= 11 is 2.86. The molecule has 0 N–H and O–H groups in total. The lowest BCUT2D eigenvalue weighted by Gasteiger charge is -2.05. The van der Waals surface area contributed by atoms with Crippen LogP contribution in [0.5, 0.6) is 0 Å². The standard InChI is InChI=1S/C7H2BrF3N2/c8-6-4(2-12)1-5(3-13-6)7(9,10)11/h1,3H. The molecule has 0 aliphatic heterocycles. The second-order valence-electron chi connectivity index (χ2n) is 2.17. The third kappa shape index (κ3) is 2.18. The minimum atomic E-state index is -4.46. The molecule has 0 spiro atoms. The zero-order valence-corrected chi connectivity index (χ0v) is 7.65. The predicted octanol–water partition coefficient (Wildman–Crippen LogP) is 2.73. The van der Waals surface area contributed by atoms with Crippen LogP contribution < -0.4 is 0 Å². The summed E-state index contributed by atoms with van der Waals surface area (Å²) in [6, 6.07) is 2.35. The van der Waals surface area contributed by atoms with Crippen molar-refractivity contribution in [3.63, 3.8) is 0 Å². The van der Waals surface area contributed by atoms with Gasteiger partial charge in [-0.15, -0.1) is 0 Å².